The summed E-state index contributed by atoms with van der Waals surface area (Å²) in [5.74, 6) is 0.614. The van der Waals surface area contributed by atoms with Crippen LogP contribution in [-0.2, 0) is 11.2 Å². The Morgan fingerprint density at radius 2 is 2.16 bits per heavy atom. The Balaban J connectivity index is 2.24. The third kappa shape index (κ3) is 2.76. The summed E-state index contributed by atoms with van der Waals surface area (Å²) in [7, 11) is 1.76. The third-order valence-corrected chi connectivity index (χ3v) is 3.18. The Hall–Kier alpha value is -1.88. The molecule has 5 heteroatoms. The number of aromatic nitrogens is 1. The van der Waals surface area contributed by atoms with E-state index in [-0.39, 0.29) is 5.91 Å². The van der Waals surface area contributed by atoms with E-state index >= 15 is 0 Å². The zero-order chi connectivity index (χ0) is 14.0. The molecule has 2 N–H and O–H groups in total. The van der Waals surface area contributed by atoms with Gasteiger partial charge in [-0.15, -0.1) is 0 Å². The van der Waals surface area contributed by atoms with Crippen LogP contribution in [0.3, 0.4) is 0 Å². The molecule has 0 unspecified atom stereocenters. The van der Waals surface area contributed by atoms with Crippen LogP contribution in [0.2, 0.25) is 0 Å². The number of likely N-dealkylation sites (N-methyl/N-ethyl adjacent to an activating group) is 1. The first-order chi connectivity index (χ1) is 8.96. The van der Waals surface area contributed by atoms with Crippen LogP contribution in [0.1, 0.15) is 26.7 Å². The van der Waals surface area contributed by atoms with Gasteiger partial charge < -0.3 is 15.1 Å². The fourth-order valence-electron chi connectivity index (χ4n) is 1.61. The zero-order valence-corrected chi connectivity index (χ0v) is 11.7. The molecule has 0 spiro atoms. The first kappa shape index (κ1) is 13.5. The van der Waals surface area contributed by atoms with Crippen molar-refractivity contribution in [1.29, 1.82) is 0 Å². The van der Waals surface area contributed by atoms with Gasteiger partial charge in [0.2, 0.25) is 5.91 Å². The van der Waals surface area contributed by atoms with Gasteiger partial charge in [0.25, 0.3) is 0 Å². The number of benzene rings is 1. The molecule has 1 aromatic carbocycles. The number of carbonyl (C=O) groups is 1. The molecule has 0 aliphatic rings. The number of nitrogens with one attached hydrogen (secondary N) is 2. The van der Waals surface area contributed by atoms with E-state index in [1.165, 1.54) is 0 Å². The second-order valence-corrected chi connectivity index (χ2v) is 4.97. The lowest BCUT2D eigenvalue weighted by molar-refractivity contribution is -0.121. The summed E-state index contributed by atoms with van der Waals surface area (Å²) in [6.07, 6.45) is 0.753. The first-order valence-corrected chi connectivity index (χ1v) is 6.36. The number of hydrogen-bond donors (Lipinski definition) is 2. The van der Waals surface area contributed by atoms with Gasteiger partial charge in [-0.25, -0.2) is 4.98 Å². The predicted molar refractivity (Wildman–Crippen MR) is 75.2 cm³/mol. The van der Waals surface area contributed by atoms with Crippen LogP contribution >= 0.6 is 0 Å². The van der Waals surface area contributed by atoms with Crippen molar-refractivity contribution < 1.29 is 9.21 Å². The van der Waals surface area contributed by atoms with Crippen LogP contribution in [0.5, 0.6) is 0 Å². The van der Waals surface area contributed by atoms with E-state index < -0.39 is 5.54 Å². The maximum atomic E-state index is 12.0. The van der Waals surface area contributed by atoms with E-state index in [2.05, 4.69) is 15.6 Å². The maximum absolute atomic E-state index is 12.0. The molecule has 0 saturated heterocycles. The van der Waals surface area contributed by atoms with Crippen LogP contribution in [0, 0.1) is 0 Å². The third-order valence-electron chi connectivity index (χ3n) is 3.18. The van der Waals surface area contributed by atoms with Gasteiger partial charge in [0.15, 0.2) is 11.5 Å². The van der Waals surface area contributed by atoms with Crippen LogP contribution < -0.4 is 10.6 Å². The highest BCUT2D eigenvalue weighted by molar-refractivity contribution is 5.98. The molecule has 1 amide bonds. The second kappa shape index (κ2) is 5.01. The number of carbonyl (C=O) groups excluding carboxylic acids is 1. The molecular weight excluding hydrogens is 242 g/mol. The second-order valence-electron chi connectivity index (χ2n) is 4.97. The Bertz CT molecular complexity index is 602. The van der Waals surface area contributed by atoms with Crippen molar-refractivity contribution in [3.63, 3.8) is 0 Å². The number of nitrogens with zero attached hydrogens (tertiary/aromatic N) is 1. The minimum atomic E-state index is -0.618. The molecule has 0 aliphatic carbocycles. The molecule has 0 atom stereocenters. The molecule has 1 aromatic heterocycles. The van der Waals surface area contributed by atoms with Gasteiger partial charge in [0, 0.05) is 12.1 Å². The number of rotatable bonds is 4. The van der Waals surface area contributed by atoms with Gasteiger partial charge >= 0.3 is 0 Å². The first-order valence-electron chi connectivity index (χ1n) is 6.36. The summed E-state index contributed by atoms with van der Waals surface area (Å²) in [4.78, 5) is 16.4. The summed E-state index contributed by atoms with van der Waals surface area (Å²) in [6, 6.07) is 5.46. The minimum absolute atomic E-state index is 0.0893. The summed E-state index contributed by atoms with van der Waals surface area (Å²) in [5, 5.41) is 5.83. The van der Waals surface area contributed by atoms with Crippen molar-refractivity contribution in [2.75, 3.05) is 12.4 Å². The van der Waals surface area contributed by atoms with Crippen molar-refractivity contribution in [2.45, 2.75) is 32.7 Å². The summed E-state index contributed by atoms with van der Waals surface area (Å²) in [5.41, 5.74) is 1.60. The SMILES string of the molecule is CCc1nc2cc(NC(=O)C(C)(C)NC)ccc2o1. The molecule has 5 nitrogen and oxygen atoms in total. The fourth-order valence-corrected chi connectivity index (χ4v) is 1.61. The van der Waals surface area contributed by atoms with E-state index in [9.17, 15) is 4.79 Å². The highest BCUT2D eigenvalue weighted by Gasteiger charge is 2.25. The molecular formula is C14H19N3O2. The van der Waals surface area contributed by atoms with E-state index in [0.717, 1.165) is 23.2 Å². The quantitative estimate of drug-likeness (QED) is 0.886. The molecule has 2 rings (SSSR count). The van der Waals surface area contributed by atoms with Crippen LogP contribution in [-0.4, -0.2) is 23.5 Å². The molecule has 102 valence electrons. The topological polar surface area (TPSA) is 67.2 Å². The van der Waals surface area contributed by atoms with Gasteiger partial charge in [-0.2, -0.15) is 0 Å². The average Bonchev–Trinajstić information content (AvgIpc) is 2.80. The fraction of sp³-hybridized carbons (Fsp3) is 0.429. The Morgan fingerprint density at radius 1 is 1.42 bits per heavy atom. The summed E-state index contributed by atoms with van der Waals surface area (Å²) < 4.78 is 5.53. The predicted octanol–water partition coefficient (Wildman–Crippen LogP) is 2.33. The van der Waals surface area contributed by atoms with E-state index in [1.54, 1.807) is 7.05 Å². The minimum Gasteiger partial charge on any atom is -0.441 e. The Kier molecular flexibility index (Phi) is 3.57. The van der Waals surface area contributed by atoms with E-state index in [0.29, 0.717) is 5.89 Å². The number of anilines is 1. The normalized spacial score (nSPS) is 11.8. The maximum Gasteiger partial charge on any atom is 0.244 e. The van der Waals surface area contributed by atoms with Crippen molar-refractivity contribution >= 4 is 22.7 Å². The van der Waals surface area contributed by atoms with Crippen molar-refractivity contribution in [2.24, 2.45) is 0 Å². The highest BCUT2D eigenvalue weighted by Crippen LogP contribution is 2.21. The van der Waals surface area contributed by atoms with Gasteiger partial charge in [0.05, 0.1) is 5.54 Å². The lowest BCUT2D eigenvalue weighted by Gasteiger charge is -2.22. The lowest BCUT2D eigenvalue weighted by Crippen LogP contribution is -2.47. The van der Waals surface area contributed by atoms with Crippen LogP contribution in [0.15, 0.2) is 22.6 Å². The van der Waals surface area contributed by atoms with Gasteiger partial charge in [-0.1, -0.05) is 6.92 Å². The van der Waals surface area contributed by atoms with Gasteiger partial charge in [-0.3, -0.25) is 4.79 Å². The van der Waals surface area contributed by atoms with Crippen LogP contribution in [0.4, 0.5) is 5.69 Å². The molecule has 1 heterocycles. The van der Waals surface area contributed by atoms with E-state index in [4.69, 9.17) is 4.42 Å². The number of aryl methyl sites for hydroxylation is 1. The van der Waals surface area contributed by atoms with Gasteiger partial charge in [-0.05, 0) is 39.1 Å². The molecule has 0 fully saturated rings. The summed E-state index contributed by atoms with van der Waals surface area (Å²) >= 11 is 0. The van der Waals surface area contributed by atoms with E-state index in [1.807, 2.05) is 39.0 Å². The van der Waals surface area contributed by atoms with Crippen molar-refractivity contribution in [3.8, 4) is 0 Å². The number of hydrogen-bond acceptors (Lipinski definition) is 4. The Morgan fingerprint density at radius 3 is 2.79 bits per heavy atom. The van der Waals surface area contributed by atoms with Crippen LogP contribution in [0.25, 0.3) is 11.1 Å². The number of oxazole rings is 1. The standard InChI is InChI=1S/C14H19N3O2/c1-5-12-17-10-8-9(6-7-11(10)19-12)16-13(18)14(2,3)15-4/h6-8,15H,5H2,1-4H3,(H,16,18). The molecule has 0 radical (unpaired) electrons. The van der Waals surface area contributed by atoms with Crippen molar-refractivity contribution in [1.82, 2.24) is 10.3 Å². The molecule has 2 aromatic rings. The summed E-state index contributed by atoms with van der Waals surface area (Å²) in [6.45, 7) is 5.64. The average molecular weight is 261 g/mol. The molecule has 0 bridgehead atoms. The van der Waals surface area contributed by atoms with Crippen molar-refractivity contribution in [3.05, 3.63) is 24.1 Å². The molecule has 0 saturated carbocycles. The number of fused-ring (bicyclic) bond motifs is 1. The largest absolute Gasteiger partial charge is 0.441 e. The smallest absolute Gasteiger partial charge is 0.244 e. The lowest BCUT2D eigenvalue weighted by atomic mass is 10.1. The Labute approximate surface area is 112 Å². The zero-order valence-electron chi connectivity index (χ0n) is 11.7. The monoisotopic (exact) mass is 261 g/mol. The van der Waals surface area contributed by atoms with Gasteiger partial charge in [0.1, 0.15) is 5.52 Å². The highest BCUT2D eigenvalue weighted by atomic mass is 16.3. The molecule has 0 aliphatic heterocycles. The number of amides is 1. The molecule has 19 heavy (non-hydrogen) atoms.